The minimum atomic E-state index is -0.393. The van der Waals surface area contributed by atoms with Gasteiger partial charge in [-0.3, -0.25) is 0 Å². The van der Waals surface area contributed by atoms with Gasteiger partial charge in [0.25, 0.3) is 0 Å². The van der Waals surface area contributed by atoms with E-state index in [1.807, 2.05) is 0 Å². The fraction of sp³-hybridized carbons (Fsp3) is 0.471. The number of hydrogen-bond acceptors (Lipinski definition) is 5. The van der Waals surface area contributed by atoms with E-state index in [0.717, 1.165) is 0 Å². The van der Waals surface area contributed by atoms with E-state index in [-0.39, 0.29) is 12.1 Å². The first-order valence-corrected chi connectivity index (χ1v) is 8.30. The van der Waals surface area contributed by atoms with Crippen molar-refractivity contribution in [2.24, 2.45) is 0 Å². The zero-order valence-corrected chi connectivity index (χ0v) is 14.5. The van der Waals surface area contributed by atoms with E-state index in [0.29, 0.717) is 50.6 Å². The van der Waals surface area contributed by atoms with Crippen molar-refractivity contribution in [1.82, 2.24) is 9.80 Å². The Morgan fingerprint density at radius 2 is 1.48 bits per heavy atom. The lowest BCUT2D eigenvalue weighted by Gasteiger charge is -2.34. The van der Waals surface area contributed by atoms with Crippen molar-refractivity contribution in [2.45, 2.75) is 13.8 Å². The van der Waals surface area contributed by atoms with Crippen LogP contribution in [0.1, 0.15) is 24.2 Å². The molecule has 0 bridgehead atoms. The lowest BCUT2D eigenvalue weighted by Crippen LogP contribution is -2.51. The summed E-state index contributed by atoms with van der Waals surface area (Å²) >= 11 is 0. The molecule has 1 aliphatic rings. The number of esters is 1. The van der Waals surface area contributed by atoms with Crippen molar-refractivity contribution in [1.29, 1.82) is 0 Å². The number of urea groups is 1. The number of amides is 3. The van der Waals surface area contributed by atoms with Crippen molar-refractivity contribution in [3.8, 4) is 0 Å². The van der Waals surface area contributed by atoms with E-state index >= 15 is 0 Å². The van der Waals surface area contributed by atoms with Crippen LogP contribution in [-0.2, 0) is 9.47 Å². The molecule has 136 valence electrons. The van der Waals surface area contributed by atoms with E-state index in [1.165, 1.54) is 0 Å². The van der Waals surface area contributed by atoms with Crippen molar-refractivity contribution in [3.05, 3.63) is 29.8 Å². The zero-order chi connectivity index (χ0) is 18.2. The molecule has 1 aromatic carbocycles. The summed E-state index contributed by atoms with van der Waals surface area (Å²) in [5.74, 6) is -0.393. The number of carbonyl (C=O) groups is 3. The van der Waals surface area contributed by atoms with Gasteiger partial charge < -0.3 is 24.6 Å². The van der Waals surface area contributed by atoms with E-state index in [1.54, 1.807) is 47.9 Å². The molecule has 0 saturated carbocycles. The van der Waals surface area contributed by atoms with E-state index in [9.17, 15) is 14.4 Å². The molecule has 8 heteroatoms. The minimum absolute atomic E-state index is 0.243. The lowest BCUT2D eigenvalue weighted by molar-refractivity contribution is 0.0526. The van der Waals surface area contributed by atoms with Crippen LogP contribution in [0.15, 0.2) is 24.3 Å². The normalized spacial score (nSPS) is 14.0. The fourth-order valence-electron chi connectivity index (χ4n) is 2.41. The molecule has 0 aliphatic carbocycles. The molecule has 0 atom stereocenters. The topological polar surface area (TPSA) is 88.2 Å². The second-order valence-electron chi connectivity index (χ2n) is 5.40. The molecule has 25 heavy (non-hydrogen) atoms. The summed E-state index contributed by atoms with van der Waals surface area (Å²) in [6, 6.07) is 6.27. The molecule has 1 heterocycles. The van der Waals surface area contributed by atoms with Gasteiger partial charge in [-0.25, -0.2) is 14.4 Å². The van der Waals surface area contributed by atoms with Gasteiger partial charge in [0.2, 0.25) is 0 Å². The maximum atomic E-state index is 12.3. The first kappa shape index (κ1) is 18.6. The van der Waals surface area contributed by atoms with Crippen LogP contribution < -0.4 is 5.32 Å². The third kappa shape index (κ3) is 5.10. The number of anilines is 1. The van der Waals surface area contributed by atoms with Gasteiger partial charge in [-0.1, -0.05) is 0 Å². The van der Waals surface area contributed by atoms with Crippen molar-refractivity contribution < 1.29 is 23.9 Å². The van der Waals surface area contributed by atoms with Crippen molar-refractivity contribution >= 4 is 23.8 Å². The smallest absolute Gasteiger partial charge is 0.409 e. The van der Waals surface area contributed by atoms with Crippen molar-refractivity contribution in [2.75, 3.05) is 44.7 Å². The molecule has 1 saturated heterocycles. The Morgan fingerprint density at radius 3 is 2.04 bits per heavy atom. The Labute approximate surface area is 146 Å². The molecule has 1 aliphatic heterocycles. The van der Waals surface area contributed by atoms with Crippen molar-refractivity contribution in [3.63, 3.8) is 0 Å². The summed E-state index contributed by atoms with van der Waals surface area (Å²) in [4.78, 5) is 38.7. The monoisotopic (exact) mass is 349 g/mol. The largest absolute Gasteiger partial charge is 0.462 e. The lowest BCUT2D eigenvalue weighted by atomic mass is 10.2. The van der Waals surface area contributed by atoms with Crippen LogP contribution >= 0.6 is 0 Å². The second-order valence-corrected chi connectivity index (χ2v) is 5.40. The quantitative estimate of drug-likeness (QED) is 0.842. The highest BCUT2D eigenvalue weighted by molar-refractivity contribution is 5.92. The predicted octanol–water partition coefficient (Wildman–Crippen LogP) is 2.17. The first-order chi connectivity index (χ1) is 12.0. The number of carbonyl (C=O) groups excluding carboxylic acids is 3. The van der Waals surface area contributed by atoms with E-state index < -0.39 is 5.97 Å². The van der Waals surface area contributed by atoms with Crippen LogP contribution in [0.4, 0.5) is 15.3 Å². The average Bonchev–Trinajstić information content (AvgIpc) is 2.63. The standard InChI is InChI=1S/C17H23N3O5/c1-3-24-15(21)13-5-7-14(8-6-13)18-16(22)19-9-11-20(12-10-19)17(23)25-4-2/h5-8H,3-4,9-12H2,1-2H3,(H,18,22). The van der Waals surface area contributed by atoms with Crippen LogP contribution in [0.2, 0.25) is 0 Å². The highest BCUT2D eigenvalue weighted by Crippen LogP contribution is 2.12. The number of ether oxygens (including phenoxy) is 2. The third-order valence-corrected chi connectivity index (χ3v) is 3.74. The summed E-state index contributed by atoms with van der Waals surface area (Å²) < 4.78 is 9.86. The summed E-state index contributed by atoms with van der Waals surface area (Å²) in [6.07, 6.45) is -0.350. The Bertz CT molecular complexity index is 609. The first-order valence-electron chi connectivity index (χ1n) is 8.30. The summed E-state index contributed by atoms with van der Waals surface area (Å²) in [6.45, 7) is 5.90. The van der Waals surface area contributed by atoms with Gasteiger partial charge in [0, 0.05) is 31.9 Å². The molecule has 0 aromatic heterocycles. The van der Waals surface area contributed by atoms with Crippen LogP contribution in [-0.4, -0.2) is 67.3 Å². The predicted molar refractivity (Wildman–Crippen MR) is 91.6 cm³/mol. The Kier molecular flexibility index (Phi) is 6.62. The molecule has 1 fully saturated rings. The van der Waals surface area contributed by atoms with Gasteiger partial charge in [0.1, 0.15) is 0 Å². The highest BCUT2D eigenvalue weighted by Gasteiger charge is 2.24. The van der Waals surface area contributed by atoms with E-state index in [2.05, 4.69) is 5.32 Å². The van der Waals surface area contributed by atoms with Gasteiger partial charge in [-0.05, 0) is 38.1 Å². The number of benzene rings is 1. The van der Waals surface area contributed by atoms with Gasteiger partial charge in [0.05, 0.1) is 18.8 Å². The SMILES string of the molecule is CCOC(=O)c1ccc(NC(=O)N2CCN(C(=O)OCC)CC2)cc1. The van der Waals surface area contributed by atoms with Gasteiger partial charge in [0.15, 0.2) is 0 Å². The molecule has 1 aromatic rings. The Balaban J connectivity index is 1.84. The van der Waals surface area contributed by atoms with Crippen LogP contribution in [0.3, 0.4) is 0 Å². The molecule has 3 amide bonds. The minimum Gasteiger partial charge on any atom is -0.462 e. The number of hydrogen-bond donors (Lipinski definition) is 1. The summed E-state index contributed by atoms with van der Waals surface area (Å²) in [5, 5.41) is 2.78. The maximum absolute atomic E-state index is 12.3. The number of rotatable bonds is 4. The summed E-state index contributed by atoms with van der Waals surface area (Å²) in [5.41, 5.74) is 1.02. The van der Waals surface area contributed by atoms with Gasteiger partial charge in [-0.15, -0.1) is 0 Å². The molecule has 0 spiro atoms. The average molecular weight is 349 g/mol. The molecule has 2 rings (SSSR count). The van der Waals surface area contributed by atoms with E-state index in [4.69, 9.17) is 9.47 Å². The molecule has 8 nitrogen and oxygen atoms in total. The molecule has 0 radical (unpaired) electrons. The highest BCUT2D eigenvalue weighted by atomic mass is 16.6. The summed E-state index contributed by atoms with van der Waals surface area (Å²) in [7, 11) is 0. The fourth-order valence-corrected chi connectivity index (χ4v) is 2.41. The van der Waals surface area contributed by atoms with Gasteiger partial charge in [-0.2, -0.15) is 0 Å². The second kappa shape index (κ2) is 8.91. The number of nitrogens with one attached hydrogen (secondary N) is 1. The number of piperazine rings is 1. The molecule has 1 N–H and O–H groups in total. The van der Waals surface area contributed by atoms with Crippen LogP contribution in [0.5, 0.6) is 0 Å². The molecular weight excluding hydrogens is 326 g/mol. The molecule has 0 unspecified atom stereocenters. The molecular formula is C17H23N3O5. The Hall–Kier alpha value is -2.77. The van der Waals surface area contributed by atoms with Crippen LogP contribution in [0, 0.1) is 0 Å². The maximum Gasteiger partial charge on any atom is 0.409 e. The van der Waals surface area contributed by atoms with Crippen LogP contribution in [0.25, 0.3) is 0 Å². The van der Waals surface area contributed by atoms with Gasteiger partial charge >= 0.3 is 18.1 Å². The number of nitrogens with zero attached hydrogens (tertiary/aromatic N) is 2. The Morgan fingerprint density at radius 1 is 0.920 bits per heavy atom. The zero-order valence-electron chi connectivity index (χ0n) is 14.5. The third-order valence-electron chi connectivity index (χ3n) is 3.74.